The maximum Gasteiger partial charge on any atom is 0.221 e. The van der Waals surface area contributed by atoms with Crippen LogP contribution >= 0.6 is 11.8 Å². The van der Waals surface area contributed by atoms with Gasteiger partial charge in [0.05, 0.1) is 17.1 Å². The van der Waals surface area contributed by atoms with E-state index >= 15 is 0 Å². The summed E-state index contributed by atoms with van der Waals surface area (Å²) in [5, 5.41) is 3.00. The Morgan fingerprint density at radius 3 is 3.00 bits per heavy atom. The molecule has 6 heteroatoms. The van der Waals surface area contributed by atoms with Crippen molar-refractivity contribution in [2.75, 3.05) is 18.6 Å². The predicted octanol–water partition coefficient (Wildman–Crippen LogP) is 1.82. The first kappa shape index (κ1) is 14.9. The van der Waals surface area contributed by atoms with Gasteiger partial charge in [-0.15, -0.1) is 0 Å². The molecule has 2 aromatic rings. The van der Waals surface area contributed by atoms with Gasteiger partial charge in [0.25, 0.3) is 0 Å². The molecule has 1 unspecified atom stereocenters. The highest BCUT2D eigenvalue weighted by Gasteiger charge is 2.17. The van der Waals surface area contributed by atoms with Gasteiger partial charge in [-0.3, -0.25) is 4.79 Å². The van der Waals surface area contributed by atoms with E-state index in [4.69, 9.17) is 5.73 Å². The summed E-state index contributed by atoms with van der Waals surface area (Å²) in [6, 6.07) is 7.78. The number of hydrogen-bond acceptors (Lipinski definition) is 4. The number of benzene rings is 1. The summed E-state index contributed by atoms with van der Waals surface area (Å²) in [7, 11) is 0. The van der Waals surface area contributed by atoms with E-state index in [1.54, 1.807) is 11.8 Å². The second kappa shape index (κ2) is 7.31. The zero-order chi connectivity index (χ0) is 14.4. The predicted molar refractivity (Wildman–Crippen MR) is 83.6 cm³/mol. The van der Waals surface area contributed by atoms with Crippen molar-refractivity contribution in [2.24, 2.45) is 5.73 Å². The number of hydrogen-bond donors (Lipinski definition) is 3. The minimum Gasteiger partial charge on any atom is -0.346 e. The lowest BCUT2D eigenvalue weighted by atomic mass is 10.2. The van der Waals surface area contributed by atoms with Gasteiger partial charge in [-0.2, -0.15) is 11.8 Å². The fourth-order valence-electron chi connectivity index (χ4n) is 2.05. The van der Waals surface area contributed by atoms with Crippen LogP contribution in [-0.4, -0.2) is 34.4 Å². The Morgan fingerprint density at radius 2 is 2.30 bits per heavy atom. The monoisotopic (exact) mass is 292 g/mol. The number of carbonyl (C=O) groups is 1. The largest absolute Gasteiger partial charge is 0.346 e. The molecule has 0 bridgehead atoms. The van der Waals surface area contributed by atoms with Crippen LogP contribution in [0, 0.1) is 0 Å². The van der Waals surface area contributed by atoms with E-state index < -0.39 is 0 Å². The van der Waals surface area contributed by atoms with Crippen LogP contribution in [0.15, 0.2) is 24.3 Å². The van der Waals surface area contributed by atoms with Crippen molar-refractivity contribution in [1.29, 1.82) is 0 Å². The van der Waals surface area contributed by atoms with Crippen LogP contribution in [-0.2, 0) is 4.79 Å². The van der Waals surface area contributed by atoms with Gasteiger partial charge < -0.3 is 16.0 Å². The third kappa shape index (κ3) is 3.74. The molecule has 0 spiro atoms. The lowest BCUT2D eigenvalue weighted by Crippen LogP contribution is -2.31. The normalized spacial score (nSPS) is 12.5. The van der Waals surface area contributed by atoms with Crippen LogP contribution in [0.4, 0.5) is 0 Å². The molecule has 0 saturated carbocycles. The quantitative estimate of drug-likeness (QED) is 0.727. The number of aromatic amines is 1. The maximum absolute atomic E-state index is 11.8. The zero-order valence-corrected chi connectivity index (χ0v) is 12.4. The number of aromatic nitrogens is 2. The smallest absolute Gasteiger partial charge is 0.221 e. The molecule has 1 aromatic heterocycles. The molecule has 0 radical (unpaired) electrons. The lowest BCUT2D eigenvalue weighted by Gasteiger charge is -2.16. The van der Waals surface area contributed by atoms with E-state index in [9.17, 15) is 4.79 Å². The lowest BCUT2D eigenvalue weighted by molar-refractivity contribution is -0.121. The average molecular weight is 292 g/mol. The molecule has 0 aliphatic rings. The first-order valence-electron chi connectivity index (χ1n) is 6.67. The summed E-state index contributed by atoms with van der Waals surface area (Å²) in [4.78, 5) is 19.6. The Labute approximate surface area is 122 Å². The average Bonchev–Trinajstić information content (AvgIpc) is 2.87. The molecule has 108 valence electrons. The highest BCUT2D eigenvalue weighted by Crippen LogP contribution is 2.20. The molecule has 4 N–H and O–H groups in total. The zero-order valence-electron chi connectivity index (χ0n) is 11.6. The summed E-state index contributed by atoms with van der Waals surface area (Å²) >= 11 is 1.75. The van der Waals surface area contributed by atoms with Gasteiger partial charge in [0, 0.05) is 13.0 Å². The molecule has 1 aromatic carbocycles. The summed E-state index contributed by atoms with van der Waals surface area (Å²) in [5.41, 5.74) is 7.33. The first-order valence-corrected chi connectivity index (χ1v) is 8.07. The number of rotatable bonds is 7. The molecule has 0 aliphatic carbocycles. The molecule has 0 fully saturated rings. The third-order valence-corrected chi connectivity index (χ3v) is 3.70. The fourth-order valence-corrected chi connectivity index (χ4v) is 2.52. The molecule has 1 heterocycles. The first-order chi connectivity index (χ1) is 9.74. The molecule has 1 atom stereocenters. The summed E-state index contributed by atoms with van der Waals surface area (Å²) < 4.78 is 0. The Hall–Kier alpha value is -1.53. The summed E-state index contributed by atoms with van der Waals surface area (Å²) in [6.45, 7) is 0.362. The highest BCUT2D eigenvalue weighted by atomic mass is 32.2. The van der Waals surface area contributed by atoms with Crippen molar-refractivity contribution in [3.63, 3.8) is 0 Å². The van der Waals surface area contributed by atoms with Crippen LogP contribution in [0.25, 0.3) is 11.0 Å². The number of para-hydroxylation sites is 2. The van der Waals surface area contributed by atoms with Crippen molar-refractivity contribution < 1.29 is 4.79 Å². The number of thioether (sulfide) groups is 1. The number of imidazole rings is 1. The number of fused-ring (bicyclic) bond motifs is 1. The van der Waals surface area contributed by atoms with E-state index in [1.807, 2.05) is 24.3 Å². The maximum atomic E-state index is 11.8. The molecule has 0 aliphatic heterocycles. The molecule has 0 saturated heterocycles. The Bertz CT molecular complexity index is 536. The van der Waals surface area contributed by atoms with E-state index in [0.717, 1.165) is 29.0 Å². The standard InChI is InChI=1S/C14H20N4OS/c1-20-9-7-12(16-13(19)6-8-15)14-17-10-4-2-3-5-11(10)18-14/h2-5,12H,6-9,15H2,1H3,(H,16,19)(H,17,18). The molecule has 1 amide bonds. The van der Waals surface area contributed by atoms with Crippen molar-refractivity contribution in [2.45, 2.75) is 18.9 Å². The number of H-pyrrole nitrogens is 1. The Morgan fingerprint density at radius 1 is 1.50 bits per heavy atom. The topological polar surface area (TPSA) is 83.8 Å². The van der Waals surface area contributed by atoms with Crippen LogP contribution in [0.2, 0.25) is 0 Å². The van der Waals surface area contributed by atoms with E-state index in [1.165, 1.54) is 0 Å². The minimum absolute atomic E-state index is 0.0286. The molecular formula is C14H20N4OS. The van der Waals surface area contributed by atoms with Crippen LogP contribution in [0.1, 0.15) is 24.7 Å². The summed E-state index contributed by atoms with van der Waals surface area (Å²) in [5.74, 6) is 1.75. The second-order valence-electron chi connectivity index (χ2n) is 4.58. The van der Waals surface area contributed by atoms with E-state index in [0.29, 0.717) is 13.0 Å². The van der Waals surface area contributed by atoms with Gasteiger partial charge in [-0.05, 0) is 30.6 Å². The molecule has 20 heavy (non-hydrogen) atoms. The molecule has 5 nitrogen and oxygen atoms in total. The molecule has 2 rings (SSSR count). The minimum atomic E-state index is -0.0890. The van der Waals surface area contributed by atoms with Gasteiger partial charge in [-0.1, -0.05) is 12.1 Å². The van der Waals surface area contributed by atoms with Crippen molar-refractivity contribution >= 4 is 28.7 Å². The number of nitrogens with two attached hydrogens (primary N) is 1. The number of carbonyl (C=O) groups excluding carboxylic acids is 1. The van der Waals surface area contributed by atoms with Crippen molar-refractivity contribution in [1.82, 2.24) is 15.3 Å². The Balaban J connectivity index is 2.18. The number of nitrogens with zero attached hydrogens (tertiary/aromatic N) is 1. The third-order valence-electron chi connectivity index (χ3n) is 3.06. The van der Waals surface area contributed by atoms with Crippen LogP contribution in [0.3, 0.4) is 0 Å². The fraction of sp³-hybridized carbons (Fsp3) is 0.429. The van der Waals surface area contributed by atoms with Crippen LogP contribution in [0.5, 0.6) is 0 Å². The van der Waals surface area contributed by atoms with Gasteiger partial charge in [0.15, 0.2) is 0 Å². The van der Waals surface area contributed by atoms with Gasteiger partial charge in [0.1, 0.15) is 5.82 Å². The number of nitrogens with one attached hydrogen (secondary N) is 2. The van der Waals surface area contributed by atoms with E-state index in [2.05, 4.69) is 21.5 Å². The van der Waals surface area contributed by atoms with Crippen molar-refractivity contribution in [3.05, 3.63) is 30.1 Å². The van der Waals surface area contributed by atoms with Gasteiger partial charge in [-0.25, -0.2) is 4.98 Å². The Kier molecular flexibility index (Phi) is 5.43. The highest BCUT2D eigenvalue weighted by molar-refractivity contribution is 7.98. The van der Waals surface area contributed by atoms with Crippen molar-refractivity contribution in [3.8, 4) is 0 Å². The molecular weight excluding hydrogens is 272 g/mol. The second-order valence-corrected chi connectivity index (χ2v) is 5.57. The summed E-state index contributed by atoms with van der Waals surface area (Å²) in [6.07, 6.45) is 3.24. The van der Waals surface area contributed by atoms with Gasteiger partial charge >= 0.3 is 0 Å². The van der Waals surface area contributed by atoms with Gasteiger partial charge in [0.2, 0.25) is 5.91 Å². The number of amides is 1. The SMILES string of the molecule is CSCCC(NC(=O)CCN)c1nc2ccccc2[nH]1. The van der Waals surface area contributed by atoms with E-state index in [-0.39, 0.29) is 11.9 Å². The van der Waals surface area contributed by atoms with Crippen LogP contribution < -0.4 is 11.1 Å².